The van der Waals surface area contributed by atoms with Gasteiger partial charge in [0.05, 0.1) is 22.7 Å². The Bertz CT molecular complexity index is 395. The summed E-state index contributed by atoms with van der Waals surface area (Å²) in [5.41, 5.74) is 4.32. The fourth-order valence-electron chi connectivity index (χ4n) is 1.16. The van der Waals surface area contributed by atoms with Gasteiger partial charge >= 0.3 is 6.18 Å². The van der Waals surface area contributed by atoms with E-state index >= 15 is 0 Å². The number of aliphatic hydroxyl groups excluding tert-OH is 1. The monoisotopic (exact) mass is 299 g/mol. The second-order valence-corrected chi connectivity index (χ2v) is 4.04. The lowest BCUT2D eigenvalue weighted by Crippen LogP contribution is -2.16. The Kier molecular flexibility index (Phi) is 3.82. The van der Waals surface area contributed by atoms with Crippen LogP contribution in [0.5, 0.6) is 5.75 Å². The van der Waals surface area contributed by atoms with Gasteiger partial charge in [-0.15, -0.1) is 0 Å². The van der Waals surface area contributed by atoms with Crippen molar-refractivity contribution in [3.8, 4) is 5.75 Å². The van der Waals surface area contributed by atoms with Crippen LogP contribution in [-0.4, -0.2) is 16.8 Å². The van der Waals surface area contributed by atoms with E-state index in [4.69, 9.17) is 10.8 Å². The summed E-state index contributed by atoms with van der Waals surface area (Å²) >= 11 is 2.80. The molecular formula is C9H9BrF3NO2. The molecule has 1 aromatic carbocycles. The Balaban J connectivity index is 3.33. The van der Waals surface area contributed by atoms with Crippen molar-refractivity contribution in [1.29, 1.82) is 0 Å². The molecular weight excluding hydrogens is 291 g/mol. The number of alkyl halides is 3. The Hall–Kier alpha value is -0.790. The van der Waals surface area contributed by atoms with Crippen LogP contribution in [0.4, 0.5) is 13.2 Å². The molecule has 0 aliphatic heterocycles. The van der Waals surface area contributed by atoms with Crippen LogP contribution in [-0.2, 0) is 6.18 Å². The fourth-order valence-corrected chi connectivity index (χ4v) is 1.63. The predicted molar refractivity (Wildman–Crippen MR) is 54.8 cm³/mol. The van der Waals surface area contributed by atoms with Crippen molar-refractivity contribution < 1.29 is 23.4 Å². The van der Waals surface area contributed by atoms with Crippen LogP contribution in [0.3, 0.4) is 0 Å². The number of nitrogens with two attached hydrogens (primary N) is 1. The molecule has 1 rings (SSSR count). The van der Waals surface area contributed by atoms with Crippen molar-refractivity contribution >= 4 is 15.9 Å². The van der Waals surface area contributed by atoms with Gasteiger partial charge in [-0.05, 0) is 33.6 Å². The van der Waals surface area contributed by atoms with E-state index in [1.54, 1.807) is 0 Å². The first-order chi connectivity index (χ1) is 7.27. The molecule has 0 amide bonds. The smallest absolute Gasteiger partial charge is 0.420 e. The van der Waals surface area contributed by atoms with Crippen molar-refractivity contribution in [2.45, 2.75) is 12.2 Å². The molecule has 0 saturated carbocycles. The number of halogens is 4. The number of phenolic OH excluding ortho intramolecular Hbond substituents is 1. The lowest BCUT2D eigenvalue weighted by atomic mass is 10.0. The molecule has 0 spiro atoms. The molecule has 0 heterocycles. The second-order valence-electron chi connectivity index (χ2n) is 3.19. The molecule has 4 N–H and O–H groups in total. The molecule has 0 bridgehead atoms. The van der Waals surface area contributed by atoms with Gasteiger partial charge in [0.2, 0.25) is 0 Å². The van der Waals surface area contributed by atoms with Crippen LogP contribution >= 0.6 is 15.9 Å². The highest BCUT2D eigenvalue weighted by Gasteiger charge is 2.35. The summed E-state index contributed by atoms with van der Waals surface area (Å²) in [6, 6.07) is 1.05. The number of phenols is 1. The third kappa shape index (κ3) is 2.66. The zero-order valence-electron chi connectivity index (χ0n) is 7.92. The summed E-state index contributed by atoms with van der Waals surface area (Å²) in [4.78, 5) is 0. The van der Waals surface area contributed by atoms with Gasteiger partial charge in [-0.3, -0.25) is 0 Å². The summed E-state index contributed by atoms with van der Waals surface area (Å²) < 4.78 is 37.4. The minimum atomic E-state index is -4.67. The van der Waals surface area contributed by atoms with Crippen molar-refractivity contribution in [3.05, 3.63) is 27.7 Å². The van der Waals surface area contributed by atoms with E-state index in [0.717, 1.165) is 6.07 Å². The van der Waals surface area contributed by atoms with E-state index in [0.29, 0.717) is 0 Å². The van der Waals surface area contributed by atoms with Crippen molar-refractivity contribution in [1.82, 2.24) is 0 Å². The average Bonchev–Trinajstić information content (AvgIpc) is 2.18. The van der Waals surface area contributed by atoms with Gasteiger partial charge in [0.1, 0.15) is 5.75 Å². The van der Waals surface area contributed by atoms with E-state index in [-0.39, 0.29) is 10.0 Å². The SMILES string of the molecule is NC(CO)c1cc(Br)c(O)c(C(F)(F)F)c1. The van der Waals surface area contributed by atoms with Crippen LogP contribution in [0.15, 0.2) is 16.6 Å². The summed E-state index contributed by atoms with van der Waals surface area (Å²) in [6.07, 6.45) is -4.67. The molecule has 3 nitrogen and oxygen atoms in total. The molecule has 0 fully saturated rings. The van der Waals surface area contributed by atoms with E-state index in [2.05, 4.69) is 15.9 Å². The Morgan fingerprint density at radius 3 is 2.38 bits per heavy atom. The van der Waals surface area contributed by atoms with Gasteiger partial charge < -0.3 is 15.9 Å². The Morgan fingerprint density at radius 1 is 1.38 bits per heavy atom. The summed E-state index contributed by atoms with van der Waals surface area (Å²) in [5.74, 6) is -0.888. The molecule has 1 aromatic rings. The van der Waals surface area contributed by atoms with Gasteiger partial charge in [0.25, 0.3) is 0 Å². The molecule has 7 heteroatoms. The summed E-state index contributed by atoms with van der Waals surface area (Å²) in [6.45, 7) is -0.478. The van der Waals surface area contributed by atoms with Crippen LogP contribution in [0.1, 0.15) is 17.2 Å². The molecule has 1 unspecified atom stereocenters. The van der Waals surface area contributed by atoms with Crippen molar-refractivity contribution in [2.24, 2.45) is 5.73 Å². The zero-order chi connectivity index (χ0) is 12.5. The Morgan fingerprint density at radius 2 is 1.94 bits per heavy atom. The third-order valence-electron chi connectivity index (χ3n) is 2.02. The molecule has 0 aromatic heterocycles. The average molecular weight is 300 g/mol. The number of benzene rings is 1. The predicted octanol–water partition coefficient (Wildman–Crippen LogP) is 2.17. The van der Waals surface area contributed by atoms with Gasteiger partial charge in [-0.25, -0.2) is 0 Å². The zero-order valence-corrected chi connectivity index (χ0v) is 9.51. The highest BCUT2D eigenvalue weighted by atomic mass is 79.9. The first-order valence-electron chi connectivity index (χ1n) is 4.23. The quantitative estimate of drug-likeness (QED) is 0.784. The fraction of sp³-hybridized carbons (Fsp3) is 0.333. The molecule has 90 valence electrons. The topological polar surface area (TPSA) is 66.5 Å². The highest BCUT2D eigenvalue weighted by molar-refractivity contribution is 9.10. The first-order valence-corrected chi connectivity index (χ1v) is 5.02. The maximum Gasteiger partial charge on any atom is 0.420 e. The number of aromatic hydroxyl groups is 1. The Labute approximate surface area is 97.8 Å². The van der Waals surface area contributed by atoms with E-state index in [1.807, 2.05) is 0 Å². The molecule has 0 aliphatic rings. The summed E-state index contributed by atoms with van der Waals surface area (Å²) in [5, 5.41) is 18.0. The van der Waals surface area contributed by atoms with E-state index in [1.165, 1.54) is 6.07 Å². The lowest BCUT2D eigenvalue weighted by molar-refractivity contribution is -0.138. The number of aliphatic hydroxyl groups is 1. The highest BCUT2D eigenvalue weighted by Crippen LogP contribution is 2.41. The molecule has 16 heavy (non-hydrogen) atoms. The normalized spacial score (nSPS) is 13.9. The maximum atomic E-state index is 12.5. The van der Waals surface area contributed by atoms with E-state index in [9.17, 15) is 18.3 Å². The maximum absolute atomic E-state index is 12.5. The van der Waals surface area contributed by atoms with Gasteiger partial charge in [-0.2, -0.15) is 13.2 Å². The van der Waals surface area contributed by atoms with Crippen LogP contribution < -0.4 is 5.73 Å². The molecule has 0 radical (unpaired) electrons. The molecule has 0 saturated heterocycles. The van der Waals surface area contributed by atoms with Crippen molar-refractivity contribution in [3.63, 3.8) is 0 Å². The van der Waals surface area contributed by atoms with Crippen LogP contribution in [0, 0.1) is 0 Å². The number of hydrogen-bond donors (Lipinski definition) is 3. The van der Waals surface area contributed by atoms with E-state index < -0.39 is 30.1 Å². The molecule has 1 atom stereocenters. The largest absolute Gasteiger partial charge is 0.506 e. The number of rotatable bonds is 2. The standard InChI is InChI=1S/C9H9BrF3NO2/c10-6-2-4(7(14)3-15)1-5(8(6)16)9(11,12)13/h1-2,7,15-16H,3,14H2. The van der Waals surface area contributed by atoms with Gasteiger partial charge in [-0.1, -0.05) is 0 Å². The van der Waals surface area contributed by atoms with Gasteiger partial charge in [0, 0.05) is 0 Å². The number of hydrogen-bond acceptors (Lipinski definition) is 3. The summed E-state index contributed by atoms with van der Waals surface area (Å²) in [7, 11) is 0. The lowest BCUT2D eigenvalue weighted by Gasteiger charge is -2.15. The second kappa shape index (κ2) is 4.60. The van der Waals surface area contributed by atoms with Crippen LogP contribution in [0.25, 0.3) is 0 Å². The van der Waals surface area contributed by atoms with Gasteiger partial charge in [0.15, 0.2) is 0 Å². The minimum absolute atomic E-state index is 0.0968. The minimum Gasteiger partial charge on any atom is -0.506 e. The van der Waals surface area contributed by atoms with Crippen LogP contribution in [0.2, 0.25) is 0 Å². The van der Waals surface area contributed by atoms with Crippen molar-refractivity contribution in [2.75, 3.05) is 6.61 Å². The third-order valence-corrected chi connectivity index (χ3v) is 2.62. The first kappa shape index (κ1) is 13.3. The molecule has 0 aliphatic carbocycles.